The van der Waals surface area contributed by atoms with Crippen LogP contribution in [0.1, 0.15) is 232 Å². The van der Waals surface area contributed by atoms with Gasteiger partial charge in [-0.25, -0.2) is 0 Å². The van der Waals surface area contributed by atoms with Crippen LogP contribution in [-0.4, -0.2) is 22.2 Å². The van der Waals surface area contributed by atoms with Crippen molar-refractivity contribution in [3.63, 3.8) is 0 Å². The van der Waals surface area contributed by atoms with Crippen LogP contribution in [0.4, 0.5) is 0 Å². The van der Waals surface area contributed by atoms with Crippen LogP contribution < -0.4 is 0 Å². The summed E-state index contributed by atoms with van der Waals surface area (Å²) in [6.07, 6.45) is 41.4. The fourth-order valence-corrected chi connectivity index (χ4v) is 6.73. The molecule has 0 rings (SSSR count). The largest absolute Gasteiger partial charge is 0.481 e. The summed E-state index contributed by atoms with van der Waals surface area (Å²) in [6.45, 7) is 4.52. The highest BCUT2D eigenvalue weighted by Gasteiger charge is 2.17. The number of carboxylic acid groups (broad SMARTS) is 2. The van der Waals surface area contributed by atoms with Gasteiger partial charge in [-0.2, -0.15) is 0 Å². The maximum absolute atomic E-state index is 11.7. The minimum absolute atomic E-state index is 0.139. The number of carboxylic acids is 2. The molecule has 0 aromatic rings. The molecule has 2 atom stereocenters. The van der Waals surface area contributed by atoms with Crippen molar-refractivity contribution in [2.45, 2.75) is 232 Å². The second-order valence-corrected chi connectivity index (χ2v) is 14.1. The molecule has 0 aromatic heterocycles. The van der Waals surface area contributed by atoms with Crippen LogP contribution in [0, 0.1) is 11.8 Å². The Labute approximate surface area is 275 Å². The van der Waals surface area contributed by atoms with Crippen molar-refractivity contribution >= 4 is 11.9 Å². The van der Waals surface area contributed by atoms with E-state index in [4.69, 9.17) is 0 Å². The summed E-state index contributed by atoms with van der Waals surface area (Å²) in [6, 6.07) is 0. The Morgan fingerprint density at radius 2 is 0.477 bits per heavy atom. The molecule has 0 aliphatic rings. The van der Waals surface area contributed by atoms with Gasteiger partial charge in [-0.1, -0.05) is 206 Å². The van der Waals surface area contributed by atoms with Crippen molar-refractivity contribution < 1.29 is 19.8 Å². The first-order valence-corrected chi connectivity index (χ1v) is 20.0. The molecule has 0 aliphatic carbocycles. The van der Waals surface area contributed by atoms with E-state index in [1.54, 1.807) is 0 Å². The Bertz CT molecular complexity index is 552. The van der Waals surface area contributed by atoms with Gasteiger partial charge in [0.2, 0.25) is 0 Å². The minimum Gasteiger partial charge on any atom is -0.481 e. The third-order valence-corrected chi connectivity index (χ3v) is 9.87. The maximum atomic E-state index is 11.7. The molecule has 2 unspecified atom stereocenters. The zero-order valence-corrected chi connectivity index (χ0v) is 29.9. The highest BCUT2D eigenvalue weighted by Crippen LogP contribution is 2.22. The molecule has 0 fully saturated rings. The van der Waals surface area contributed by atoms with Gasteiger partial charge >= 0.3 is 11.9 Å². The normalized spacial score (nSPS) is 12.9. The Kier molecular flexibility index (Phi) is 34.0. The zero-order chi connectivity index (χ0) is 32.4. The predicted molar refractivity (Wildman–Crippen MR) is 191 cm³/mol. The molecular weight excluding hydrogens is 544 g/mol. The summed E-state index contributed by atoms with van der Waals surface area (Å²) in [5.41, 5.74) is 0. The van der Waals surface area contributed by atoms with Gasteiger partial charge in [0.1, 0.15) is 0 Å². The summed E-state index contributed by atoms with van der Waals surface area (Å²) < 4.78 is 0. The molecule has 0 bridgehead atoms. The molecule has 0 saturated carbocycles. The smallest absolute Gasteiger partial charge is 0.306 e. The topological polar surface area (TPSA) is 74.6 Å². The van der Waals surface area contributed by atoms with Crippen LogP contribution in [-0.2, 0) is 9.59 Å². The van der Waals surface area contributed by atoms with E-state index < -0.39 is 11.9 Å². The fourth-order valence-electron chi connectivity index (χ4n) is 6.73. The molecule has 0 spiro atoms. The van der Waals surface area contributed by atoms with E-state index in [9.17, 15) is 19.8 Å². The molecule has 0 radical (unpaired) electrons. The van der Waals surface area contributed by atoms with Crippen molar-refractivity contribution in [1.82, 2.24) is 0 Å². The quantitative estimate of drug-likeness (QED) is 0.0676. The van der Waals surface area contributed by atoms with E-state index in [0.29, 0.717) is 0 Å². The zero-order valence-electron chi connectivity index (χ0n) is 29.9. The number of hydrogen-bond acceptors (Lipinski definition) is 2. The van der Waals surface area contributed by atoms with Crippen LogP contribution in [0.3, 0.4) is 0 Å². The molecule has 0 aromatic carbocycles. The number of hydrogen-bond donors (Lipinski definition) is 2. The van der Waals surface area contributed by atoms with E-state index in [0.717, 1.165) is 64.2 Å². The van der Waals surface area contributed by atoms with E-state index >= 15 is 0 Å². The first-order valence-electron chi connectivity index (χ1n) is 20.0. The summed E-state index contributed by atoms with van der Waals surface area (Å²) in [4.78, 5) is 23.3. The SMILES string of the molecule is CCCCCCCCCCCCC(CCCCCCCCCCCCC(CCCCCCCCCCCC)C(=O)O)C(=O)O. The lowest BCUT2D eigenvalue weighted by Gasteiger charge is -2.12. The average molecular weight is 623 g/mol. The molecule has 2 N–H and O–H groups in total. The van der Waals surface area contributed by atoms with E-state index in [1.165, 1.54) is 154 Å². The number of rotatable bonds is 37. The highest BCUT2D eigenvalue weighted by molar-refractivity contribution is 5.70. The first kappa shape index (κ1) is 42.9. The lowest BCUT2D eigenvalue weighted by atomic mass is 9.93. The van der Waals surface area contributed by atoms with E-state index in [1.807, 2.05) is 0 Å². The van der Waals surface area contributed by atoms with Gasteiger partial charge in [-0.3, -0.25) is 9.59 Å². The molecular formula is C40H78O4. The van der Waals surface area contributed by atoms with Crippen molar-refractivity contribution in [1.29, 1.82) is 0 Å². The third kappa shape index (κ3) is 30.9. The van der Waals surface area contributed by atoms with Crippen LogP contribution >= 0.6 is 0 Å². The van der Waals surface area contributed by atoms with Gasteiger partial charge in [0.25, 0.3) is 0 Å². The summed E-state index contributed by atoms with van der Waals surface area (Å²) in [5.74, 6) is -1.46. The molecule has 44 heavy (non-hydrogen) atoms. The highest BCUT2D eigenvalue weighted by atomic mass is 16.4. The number of carbonyl (C=O) groups is 2. The van der Waals surface area contributed by atoms with Crippen LogP contribution in [0.5, 0.6) is 0 Å². The van der Waals surface area contributed by atoms with Crippen molar-refractivity contribution in [3.05, 3.63) is 0 Å². The average Bonchev–Trinajstić information content (AvgIpc) is 3.00. The molecule has 0 aliphatic heterocycles. The van der Waals surface area contributed by atoms with Gasteiger partial charge in [0.15, 0.2) is 0 Å². The predicted octanol–water partition coefficient (Wildman–Crippen LogP) is 13.7. The van der Waals surface area contributed by atoms with Crippen molar-refractivity contribution in [2.24, 2.45) is 11.8 Å². The fraction of sp³-hybridized carbons (Fsp3) is 0.950. The summed E-state index contributed by atoms with van der Waals surface area (Å²) in [5, 5.41) is 19.2. The van der Waals surface area contributed by atoms with Gasteiger partial charge in [-0.15, -0.1) is 0 Å². The van der Waals surface area contributed by atoms with Crippen LogP contribution in [0.2, 0.25) is 0 Å². The van der Waals surface area contributed by atoms with Gasteiger partial charge in [0, 0.05) is 0 Å². The summed E-state index contributed by atoms with van der Waals surface area (Å²) in [7, 11) is 0. The molecule has 0 amide bonds. The Hall–Kier alpha value is -1.06. The number of unbranched alkanes of at least 4 members (excludes halogenated alkanes) is 27. The van der Waals surface area contributed by atoms with Crippen LogP contribution in [0.25, 0.3) is 0 Å². The summed E-state index contributed by atoms with van der Waals surface area (Å²) >= 11 is 0. The van der Waals surface area contributed by atoms with Gasteiger partial charge in [-0.05, 0) is 25.7 Å². The number of aliphatic carboxylic acids is 2. The Balaban J connectivity index is 3.58. The van der Waals surface area contributed by atoms with Crippen molar-refractivity contribution in [2.75, 3.05) is 0 Å². The molecule has 262 valence electrons. The first-order chi connectivity index (χ1) is 21.5. The second kappa shape index (κ2) is 34.8. The molecule has 4 nitrogen and oxygen atoms in total. The lowest BCUT2D eigenvalue weighted by Crippen LogP contribution is -2.13. The maximum Gasteiger partial charge on any atom is 0.306 e. The standard InChI is InChI=1S/C40H78O4/c1-3-5-7-9-11-13-17-21-25-29-33-37(39(41)42)35-31-27-23-19-15-16-20-24-28-32-36-38(40(43)44)34-30-26-22-18-14-12-10-8-6-4-2/h37-38H,3-36H2,1-2H3,(H,41,42)(H,43,44). The van der Waals surface area contributed by atoms with E-state index in [2.05, 4.69) is 13.8 Å². The van der Waals surface area contributed by atoms with Crippen LogP contribution in [0.15, 0.2) is 0 Å². The molecule has 4 heteroatoms. The van der Waals surface area contributed by atoms with Gasteiger partial charge < -0.3 is 10.2 Å². The minimum atomic E-state index is -0.589. The van der Waals surface area contributed by atoms with Gasteiger partial charge in [0.05, 0.1) is 11.8 Å². The lowest BCUT2D eigenvalue weighted by molar-refractivity contribution is -0.143. The molecule has 0 heterocycles. The Morgan fingerprint density at radius 1 is 0.318 bits per heavy atom. The monoisotopic (exact) mass is 623 g/mol. The second-order valence-electron chi connectivity index (χ2n) is 14.1. The van der Waals surface area contributed by atoms with Crippen molar-refractivity contribution in [3.8, 4) is 0 Å². The third-order valence-electron chi connectivity index (χ3n) is 9.87. The molecule has 0 saturated heterocycles. The Morgan fingerprint density at radius 3 is 0.636 bits per heavy atom. The van der Waals surface area contributed by atoms with E-state index in [-0.39, 0.29) is 11.8 Å².